The third-order valence-corrected chi connectivity index (χ3v) is 3.27. The molecular weight excluding hydrogens is 188 g/mol. The molecule has 1 aliphatic heterocycles. The van der Waals surface area contributed by atoms with E-state index in [2.05, 4.69) is 11.8 Å². The van der Waals surface area contributed by atoms with Gasteiger partial charge < -0.3 is 5.73 Å². The maximum absolute atomic E-state index is 5.50. The molecule has 0 bridgehead atoms. The highest BCUT2D eigenvalue weighted by Gasteiger charge is 2.16. The van der Waals surface area contributed by atoms with E-state index in [4.69, 9.17) is 18.0 Å². The molecule has 1 unspecified atom stereocenters. The lowest BCUT2D eigenvalue weighted by atomic mass is 10.2. The van der Waals surface area contributed by atoms with E-state index in [-0.39, 0.29) is 0 Å². The minimum Gasteiger partial charge on any atom is -0.393 e. The average molecular weight is 204 g/mol. The van der Waals surface area contributed by atoms with Crippen molar-refractivity contribution in [3.8, 4) is 0 Å². The third-order valence-electron chi connectivity index (χ3n) is 2.17. The molecule has 1 atom stereocenters. The number of nitrogens with zero attached hydrogens (tertiary/aromatic N) is 1. The summed E-state index contributed by atoms with van der Waals surface area (Å²) < 4.78 is 0. The molecule has 1 rings (SSSR count). The lowest BCUT2D eigenvalue weighted by molar-refractivity contribution is 0.236. The molecule has 0 spiro atoms. The van der Waals surface area contributed by atoms with Crippen LogP contribution in [0.3, 0.4) is 0 Å². The fourth-order valence-corrected chi connectivity index (χ4v) is 2.61. The zero-order valence-electron chi connectivity index (χ0n) is 7.45. The Morgan fingerprint density at radius 1 is 1.58 bits per heavy atom. The Labute approximate surface area is 83.9 Å². The Morgan fingerprint density at radius 3 is 2.67 bits per heavy atom. The number of rotatable bonds is 3. The van der Waals surface area contributed by atoms with Crippen LogP contribution in [0.1, 0.15) is 13.3 Å². The van der Waals surface area contributed by atoms with Crippen molar-refractivity contribution in [2.24, 2.45) is 5.73 Å². The van der Waals surface area contributed by atoms with Crippen molar-refractivity contribution in [3.05, 3.63) is 0 Å². The highest BCUT2D eigenvalue weighted by atomic mass is 32.2. The van der Waals surface area contributed by atoms with Crippen molar-refractivity contribution < 1.29 is 0 Å². The van der Waals surface area contributed by atoms with E-state index in [9.17, 15) is 0 Å². The number of hydrogen-bond donors (Lipinski definition) is 1. The van der Waals surface area contributed by atoms with E-state index < -0.39 is 0 Å². The number of nitrogens with two attached hydrogens (primary N) is 1. The van der Waals surface area contributed by atoms with Crippen LogP contribution in [0.5, 0.6) is 0 Å². The largest absolute Gasteiger partial charge is 0.393 e. The van der Waals surface area contributed by atoms with Crippen molar-refractivity contribution in [3.63, 3.8) is 0 Å². The molecule has 0 aromatic heterocycles. The Kier molecular flexibility index (Phi) is 4.32. The Hall–Kier alpha value is 0.200. The standard InChI is InChI=1S/C8H16N2S2/c1-7(6-8(9)11)10-2-4-12-5-3-10/h7H,2-6H2,1H3,(H2,9,11). The summed E-state index contributed by atoms with van der Waals surface area (Å²) in [4.78, 5) is 3.11. The third kappa shape index (κ3) is 3.29. The first kappa shape index (κ1) is 10.3. The molecule has 70 valence electrons. The van der Waals surface area contributed by atoms with E-state index in [1.165, 1.54) is 24.6 Å². The second kappa shape index (κ2) is 5.04. The van der Waals surface area contributed by atoms with Crippen LogP contribution in [0.15, 0.2) is 0 Å². The van der Waals surface area contributed by atoms with Crippen LogP contribution >= 0.6 is 24.0 Å². The van der Waals surface area contributed by atoms with Gasteiger partial charge in [0.1, 0.15) is 0 Å². The molecular formula is C8H16N2S2. The van der Waals surface area contributed by atoms with Crippen LogP contribution in [0.2, 0.25) is 0 Å². The first-order valence-electron chi connectivity index (χ1n) is 4.30. The van der Waals surface area contributed by atoms with Crippen LogP contribution in [0.4, 0.5) is 0 Å². The molecule has 0 aromatic carbocycles. The van der Waals surface area contributed by atoms with E-state index >= 15 is 0 Å². The van der Waals surface area contributed by atoms with Gasteiger partial charge >= 0.3 is 0 Å². The summed E-state index contributed by atoms with van der Waals surface area (Å²) in [5.41, 5.74) is 5.50. The summed E-state index contributed by atoms with van der Waals surface area (Å²) in [5, 5.41) is 0. The van der Waals surface area contributed by atoms with Gasteiger partial charge in [-0.05, 0) is 6.92 Å². The predicted octanol–water partition coefficient (Wildman–Crippen LogP) is 1.10. The van der Waals surface area contributed by atoms with Crippen LogP contribution in [0.25, 0.3) is 0 Å². The molecule has 0 amide bonds. The highest BCUT2D eigenvalue weighted by molar-refractivity contribution is 7.99. The molecule has 0 radical (unpaired) electrons. The van der Waals surface area contributed by atoms with Gasteiger partial charge in [-0.3, -0.25) is 4.90 Å². The van der Waals surface area contributed by atoms with Gasteiger partial charge in [0.05, 0.1) is 4.99 Å². The van der Waals surface area contributed by atoms with Gasteiger partial charge in [0.15, 0.2) is 0 Å². The fourth-order valence-electron chi connectivity index (χ4n) is 1.44. The molecule has 0 saturated carbocycles. The fraction of sp³-hybridized carbons (Fsp3) is 0.875. The molecule has 0 aliphatic carbocycles. The molecule has 2 N–H and O–H groups in total. The Morgan fingerprint density at radius 2 is 2.17 bits per heavy atom. The predicted molar refractivity (Wildman–Crippen MR) is 59.8 cm³/mol. The van der Waals surface area contributed by atoms with Gasteiger partial charge in [-0.2, -0.15) is 11.8 Å². The second-order valence-corrected chi connectivity index (χ2v) is 4.92. The first-order valence-corrected chi connectivity index (χ1v) is 5.86. The first-order chi connectivity index (χ1) is 5.70. The Balaban J connectivity index is 2.29. The minimum atomic E-state index is 0.531. The van der Waals surface area contributed by atoms with Crippen LogP contribution in [0, 0.1) is 0 Å². The van der Waals surface area contributed by atoms with Crippen molar-refractivity contribution in [1.82, 2.24) is 4.90 Å². The minimum absolute atomic E-state index is 0.531. The number of thiocarbonyl (C=S) groups is 1. The van der Waals surface area contributed by atoms with Crippen molar-refractivity contribution in [2.45, 2.75) is 19.4 Å². The van der Waals surface area contributed by atoms with Gasteiger partial charge in [0.25, 0.3) is 0 Å². The zero-order valence-corrected chi connectivity index (χ0v) is 9.09. The smallest absolute Gasteiger partial charge is 0.0742 e. The van der Waals surface area contributed by atoms with Gasteiger partial charge in [-0.1, -0.05) is 12.2 Å². The lowest BCUT2D eigenvalue weighted by Crippen LogP contribution is -2.41. The second-order valence-electron chi connectivity index (χ2n) is 3.17. The van der Waals surface area contributed by atoms with Crippen molar-refractivity contribution >= 4 is 29.0 Å². The molecule has 0 aromatic rings. The average Bonchev–Trinajstić information content (AvgIpc) is 2.05. The van der Waals surface area contributed by atoms with Gasteiger partial charge in [-0.15, -0.1) is 0 Å². The summed E-state index contributed by atoms with van der Waals surface area (Å²) in [5.74, 6) is 2.50. The maximum Gasteiger partial charge on any atom is 0.0742 e. The van der Waals surface area contributed by atoms with Gasteiger partial charge in [-0.25, -0.2) is 0 Å². The van der Waals surface area contributed by atoms with Gasteiger partial charge in [0, 0.05) is 37.1 Å². The quantitative estimate of drug-likeness (QED) is 0.697. The summed E-state index contributed by atoms with van der Waals surface area (Å²) in [6.07, 6.45) is 0.861. The topological polar surface area (TPSA) is 29.3 Å². The van der Waals surface area contributed by atoms with Crippen molar-refractivity contribution in [2.75, 3.05) is 24.6 Å². The SMILES string of the molecule is CC(CC(N)=S)N1CCSCC1. The van der Waals surface area contributed by atoms with Crippen molar-refractivity contribution in [1.29, 1.82) is 0 Å². The highest BCUT2D eigenvalue weighted by Crippen LogP contribution is 2.13. The van der Waals surface area contributed by atoms with E-state index in [0.29, 0.717) is 11.0 Å². The van der Waals surface area contributed by atoms with Crippen LogP contribution < -0.4 is 5.73 Å². The molecule has 1 aliphatic rings. The van der Waals surface area contributed by atoms with E-state index in [0.717, 1.165) is 6.42 Å². The monoisotopic (exact) mass is 204 g/mol. The normalized spacial score (nSPS) is 22.1. The molecule has 2 nitrogen and oxygen atoms in total. The Bertz CT molecular complexity index is 155. The molecule has 4 heteroatoms. The van der Waals surface area contributed by atoms with Crippen LogP contribution in [-0.2, 0) is 0 Å². The molecule has 1 saturated heterocycles. The summed E-state index contributed by atoms with van der Waals surface area (Å²) in [6.45, 7) is 4.58. The molecule has 1 fully saturated rings. The van der Waals surface area contributed by atoms with E-state index in [1.807, 2.05) is 11.8 Å². The molecule has 12 heavy (non-hydrogen) atoms. The molecule has 1 heterocycles. The maximum atomic E-state index is 5.50. The summed E-state index contributed by atoms with van der Waals surface area (Å²) >= 11 is 6.92. The number of hydrogen-bond acceptors (Lipinski definition) is 3. The van der Waals surface area contributed by atoms with Crippen LogP contribution in [-0.4, -0.2) is 40.5 Å². The van der Waals surface area contributed by atoms with Gasteiger partial charge in [0.2, 0.25) is 0 Å². The lowest BCUT2D eigenvalue weighted by Gasteiger charge is -2.31. The number of thioether (sulfide) groups is 1. The van der Waals surface area contributed by atoms with E-state index in [1.54, 1.807) is 0 Å². The zero-order chi connectivity index (χ0) is 8.97. The summed E-state index contributed by atoms with van der Waals surface area (Å²) in [6, 6.07) is 0.531. The summed E-state index contributed by atoms with van der Waals surface area (Å²) in [7, 11) is 0.